The van der Waals surface area contributed by atoms with E-state index in [1.54, 1.807) is 0 Å². The number of benzene rings is 2. The minimum Gasteiger partial charge on any atom is -0.355 e. The molecule has 0 amide bonds. The number of rotatable bonds is 2. The number of nitrogens with zero attached hydrogens (tertiary/aromatic N) is 2. The summed E-state index contributed by atoms with van der Waals surface area (Å²) in [6, 6.07) is 20.0. The van der Waals surface area contributed by atoms with Crippen molar-refractivity contribution < 1.29 is 5.11 Å². The quantitative estimate of drug-likeness (QED) is 0.907. The first kappa shape index (κ1) is 13.2. The van der Waals surface area contributed by atoms with Crippen LogP contribution in [-0.2, 0) is 5.85 Å². The summed E-state index contributed by atoms with van der Waals surface area (Å²) in [4.78, 5) is 4.09. The molecule has 1 atom stereocenters. The first-order valence-electron chi connectivity index (χ1n) is 7.05. The first-order valence-corrected chi connectivity index (χ1v) is 7.05. The van der Waals surface area contributed by atoms with Crippen LogP contribution in [0.25, 0.3) is 0 Å². The van der Waals surface area contributed by atoms with Crippen LogP contribution >= 0.6 is 0 Å². The largest absolute Gasteiger partial charge is 0.355 e. The predicted molar refractivity (Wildman–Crippen MR) is 81.4 cm³/mol. The average molecular weight is 268 g/mol. The molecule has 0 bridgehead atoms. The van der Waals surface area contributed by atoms with Crippen molar-refractivity contribution in [2.45, 2.75) is 12.3 Å². The molecule has 0 saturated carbocycles. The van der Waals surface area contributed by atoms with Gasteiger partial charge in [0.1, 0.15) is 0 Å². The van der Waals surface area contributed by atoms with Crippen LogP contribution in [-0.4, -0.2) is 30.1 Å². The van der Waals surface area contributed by atoms with E-state index in [-0.39, 0.29) is 0 Å². The minimum absolute atomic E-state index is 0.847. The van der Waals surface area contributed by atoms with E-state index in [2.05, 4.69) is 4.90 Å². The molecule has 0 aliphatic carbocycles. The van der Waals surface area contributed by atoms with Crippen molar-refractivity contribution >= 4 is 5.69 Å². The Morgan fingerprint density at radius 1 is 0.900 bits per heavy atom. The van der Waals surface area contributed by atoms with Crippen LogP contribution in [0.15, 0.2) is 60.7 Å². The molecular weight excluding hydrogens is 248 g/mol. The van der Waals surface area contributed by atoms with Gasteiger partial charge in [0, 0.05) is 24.3 Å². The zero-order valence-corrected chi connectivity index (χ0v) is 11.7. The number of aliphatic hydroxyl groups is 1. The highest BCUT2D eigenvalue weighted by Crippen LogP contribution is 2.36. The van der Waals surface area contributed by atoms with Gasteiger partial charge in [-0.15, -0.1) is 0 Å². The Balaban J connectivity index is 2.07. The summed E-state index contributed by atoms with van der Waals surface area (Å²) in [7, 11) is 1.97. The fourth-order valence-corrected chi connectivity index (χ4v) is 2.94. The number of anilines is 1. The highest BCUT2D eigenvalue weighted by molar-refractivity contribution is 5.50. The van der Waals surface area contributed by atoms with Gasteiger partial charge in [0.05, 0.1) is 0 Å². The molecule has 20 heavy (non-hydrogen) atoms. The molecule has 3 nitrogen and oxygen atoms in total. The maximum absolute atomic E-state index is 11.4. The number of hydrogen-bond acceptors (Lipinski definition) is 3. The topological polar surface area (TPSA) is 26.7 Å². The number of para-hydroxylation sites is 1. The van der Waals surface area contributed by atoms with Crippen LogP contribution in [0.2, 0.25) is 0 Å². The van der Waals surface area contributed by atoms with Gasteiger partial charge >= 0.3 is 0 Å². The lowest BCUT2D eigenvalue weighted by Gasteiger charge is -2.50. The van der Waals surface area contributed by atoms with E-state index in [0.717, 1.165) is 30.8 Å². The Morgan fingerprint density at radius 2 is 1.50 bits per heavy atom. The fourth-order valence-electron chi connectivity index (χ4n) is 2.94. The van der Waals surface area contributed by atoms with Crippen molar-refractivity contribution in [2.24, 2.45) is 0 Å². The molecule has 1 aliphatic heterocycles. The van der Waals surface area contributed by atoms with E-state index >= 15 is 0 Å². The summed E-state index contributed by atoms with van der Waals surface area (Å²) in [6.07, 6.45) is 1.04. The van der Waals surface area contributed by atoms with Gasteiger partial charge in [0.2, 0.25) is 5.85 Å². The van der Waals surface area contributed by atoms with Crippen LogP contribution in [0.4, 0.5) is 5.69 Å². The van der Waals surface area contributed by atoms with E-state index in [1.807, 2.05) is 72.6 Å². The smallest absolute Gasteiger partial charge is 0.225 e. The second kappa shape index (κ2) is 5.27. The van der Waals surface area contributed by atoms with Gasteiger partial charge < -0.3 is 10.0 Å². The summed E-state index contributed by atoms with van der Waals surface area (Å²) in [5, 5.41) is 11.4. The first-order chi connectivity index (χ1) is 9.73. The molecule has 3 rings (SSSR count). The summed E-state index contributed by atoms with van der Waals surface area (Å²) >= 11 is 0. The molecule has 3 heteroatoms. The lowest BCUT2D eigenvalue weighted by molar-refractivity contribution is -0.118. The molecule has 104 valence electrons. The van der Waals surface area contributed by atoms with E-state index in [4.69, 9.17) is 0 Å². The van der Waals surface area contributed by atoms with Crippen molar-refractivity contribution in [3.05, 3.63) is 66.2 Å². The third kappa shape index (κ3) is 2.09. The van der Waals surface area contributed by atoms with Crippen molar-refractivity contribution in [2.75, 3.05) is 25.0 Å². The zero-order chi connectivity index (χ0) is 14.0. The molecule has 1 saturated heterocycles. The summed E-state index contributed by atoms with van der Waals surface area (Å²) in [5.41, 5.74) is 1.96. The third-order valence-corrected chi connectivity index (χ3v) is 4.01. The lowest BCUT2D eigenvalue weighted by Crippen LogP contribution is -2.61. The second-order valence-corrected chi connectivity index (χ2v) is 5.26. The molecule has 1 heterocycles. The van der Waals surface area contributed by atoms with Crippen LogP contribution < -0.4 is 4.90 Å². The van der Waals surface area contributed by atoms with Gasteiger partial charge in [-0.1, -0.05) is 48.5 Å². The molecule has 1 N–H and O–H groups in total. The SMILES string of the molecule is CN1CCCN(c2ccccc2)C1(O)c1ccccc1. The van der Waals surface area contributed by atoms with Crippen LogP contribution in [0.5, 0.6) is 0 Å². The lowest BCUT2D eigenvalue weighted by atomic mass is 10.0. The molecule has 0 spiro atoms. The molecule has 2 aromatic rings. The van der Waals surface area contributed by atoms with Crippen molar-refractivity contribution in [1.29, 1.82) is 0 Å². The Labute approximate surface area is 120 Å². The zero-order valence-electron chi connectivity index (χ0n) is 11.7. The van der Waals surface area contributed by atoms with Crippen LogP contribution in [0.3, 0.4) is 0 Å². The summed E-state index contributed by atoms with van der Waals surface area (Å²) in [5.74, 6) is -1.08. The normalized spacial score (nSPS) is 23.8. The molecule has 1 aliphatic rings. The van der Waals surface area contributed by atoms with Gasteiger partial charge in [-0.05, 0) is 25.6 Å². The highest BCUT2D eigenvalue weighted by atomic mass is 16.3. The standard InChI is InChI=1S/C17H20N2O/c1-18-13-8-14-19(16-11-6-3-7-12-16)17(18,20)15-9-4-2-5-10-15/h2-7,9-12,20H,8,13-14H2,1H3. The maximum atomic E-state index is 11.4. The van der Waals surface area contributed by atoms with Gasteiger partial charge in [0.15, 0.2) is 0 Å². The maximum Gasteiger partial charge on any atom is 0.225 e. The predicted octanol–water partition coefficient (Wildman–Crippen LogP) is 2.63. The van der Waals surface area contributed by atoms with Gasteiger partial charge in [-0.2, -0.15) is 0 Å². The Kier molecular flexibility index (Phi) is 3.47. The Hall–Kier alpha value is -1.84. The van der Waals surface area contributed by atoms with Crippen LogP contribution in [0, 0.1) is 0 Å². The molecule has 2 aromatic carbocycles. The second-order valence-electron chi connectivity index (χ2n) is 5.26. The van der Waals surface area contributed by atoms with Crippen molar-refractivity contribution in [1.82, 2.24) is 4.90 Å². The molecule has 0 aromatic heterocycles. The number of hydrogen-bond donors (Lipinski definition) is 1. The van der Waals surface area contributed by atoms with Gasteiger partial charge in [0.25, 0.3) is 0 Å². The molecular formula is C17H20N2O. The van der Waals surface area contributed by atoms with Crippen molar-refractivity contribution in [3.8, 4) is 0 Å². The third-order valence-electron chi connectivity index (χ3n) is 4.01. The van der Waals surface area contributed by atoms with E-state index < -0.39 is 5.85 Å². The highest BCUT2D eigenvalue weighted by Gasteiger charge is 2.42. The molecule has 1 unspecified atom stereocenters. The fraction of sp³-hybridized carbons (Fsp3) is 0.294. The average Bonchev–Trinajstić information content (AvgIpc) is 2.52. The minimum atomic E-state index is -1.08. The van der Waals surface area contributed by atoms with Crippen molar-refractivity contribution in [3.63, 3.8) is 0 Å². The van der Waals surface area contributed by atoms with Gasteiger partial charge in [-0.3, -0.25) is 4.90 Å². The van der Waals surface area contributed by atoms with E-state index in [1.165, 1.54) is 0 Å². The molecule has 1 fully saturated rings. The Bertz CT molecular complexity index is 558. The monoisotopic (exact) mass is 268 g/mol. The Morgan fingerprint density at radius 3 is 2.15 bits per heavy atom. The van der Waals surface area contributed by atoms with E-state index in [0.29, 0.717) is 0 Å². The van der Waals surface area contributed by atoms with E-state index in [9.17, 15) is 5.11 Å². The summed E-state index contributed by atoms with van der Waals surface area (Å²) < 4.78 is 0. The van der Waals surface area contributed by atoms with Gasteiger partial charge in [-0.25, -0.2) is 0 Å². The summed E-state index contributed by atoms with van der Waals surface area (Å²) in [6.45, 7) is 1.73. The van der Waals surface area contributed by atoms with Crippen LogP contribution in [0.1, 0.15) is 12.0 Å². The molecule has 0 radical (unpaired) electrons.